The minimum Gasteiger partial charge on any atom is -0.454 e. The maximum Gasteiger partial charge on any atom is 0.328 e. The van der Waals surface area contributed by atoms with Gasteiger partial charge in [0.05, 0.1) is 5.02 Å². The van der Waals surface area contributed by atoms with E-state index in [9.17, 15) is 18.8 Å². The van der Waals surface area contributed by atoms with Crippen molar-refractivity contribution in [2.75, 3.05) is 11.9 Å². The van der Waals surface area contributed by atoms with Crippen LogP contribution in [-0.2, 0) is 14.3 Å². The zero-order chi connectivity index (χ0) is 20.0. The first-order valence-electron chi connectivity index (χ1n) is 7.74. The van der Waals surface area contributed by atoms with Gasteiger partial charge in [0.15, 0.2) is 6.61 Å². The molecule has 0 unspecified atom stereocenters. The van der Waals surface area contributed by atoms with Crippen LogP contribution in [-0.4, -0.2) is 30.4 Å². The molecule has 2 rings (SSSR count). The van der Waals surface area contributed by atoms with Crippen molar-refractivity contribution in [3.05, 3.63) is 63.9 Å². The molecule has 0 fully saturated rings. The Balaban J connectivity index is 1.81. The number of nitrogens with one attached hydrogen (secondary N) is 2. The summed E-state index contributed by atoms with van der Waals surface area (Å²) in [4.78, 5) is 35.7. The molecule has 2 amide bonds. The predicted octanol–water partition coefficient (Wildman–Crippen LogP) is 3.43. The molecule has 0 aliphatic heterocycles. The SMILES string of the molecule is C[C@H](NC(=O)c1ccc(Cl)cc1)C(=O)OCC(=O)Nc1ccc(F)c(Cl)c1. The van der Waals surface area contributed by atoms with E-state index in [0.717, 1.165) is 6.07 Å². The summed E-state index contributed by atoms with van der Waals surface area (Å²) in [5, 5.41) is 5.19. The molecule has 27 heavy (non-hydrogen) atoms. The van der Waals surface area contributed by atoms with Gasteiger partial charge in [-0.1, -0.05) is 23.2 Å². The molecule has 2 aromatic rings. The number of esters is 1. The van der Waals surface area contributed by atoms with Gasteiger partial charge in [0.1, 0.15) is 11.9 Å². The number of carbonyl (C=O) groups excluding carboxylic acids is 3. The van der Waals surface area contributed by atoms with Crippen LogP contribution in [0.2, 0.25) is 10.0 Å². The van der Waals surface area contributed by atoms with Crippen molar-refractivity contribution in [1.29, 1.82) is 0 Å². The zero-order valence-corrected chi connectivity index (χ0v) is 15.6. The van der Waals surface area contributed by atoms with Gasteiger partial charge in [0, 0.05) is 16.3 Å². The van der Waals surface area contributed by atoms with Gasteiger partial charge in [-0.2, -0.15) is 0 Å². The van der Waals surface area contributed by atoms with Crippen LogP contribution in [0.4, 0.5) is 10.1 Å². The van der Waals surface area contributed by atoms with E-state index in [4.69, 9.17) is 27.9 Å². The topological polar surface area (TPSA) is 84.5 Å². The number of halogens is 3. The van der Waals surface area contributed by atoms with Gasteiger partial charge < -0.3 is 15.4 Å². The van der Waals surface area contributed by atoms with E-state index >= 15 is 0 Å². The highest BCUT2D eigenvalue weighted by atomic mass is 35.5. The van der Waals surface area contributed by atoms with Gasteiger partial charge in [-0.15, -0.1) is 0 Å². The summed E-state index contributed by atoms with van der Waals surface area (Å²) in [6, 6.07) is 8.78. The summed E-state index contributed by atoms with van der Waals surface area (Å²) < 4.78 is 17.9. The number of rotatable bonds is 6. The Morgan fingerprint density at radius 3 is 2.41 bits per heavy atom. The largest absolute Gasteiger partial charge is 0.454 e. The summed E-state index contributed by atoms with van der Waals surface area (Å²) in [6.45, 7) is 0.850. The van der Waals surface area contributed by atoms with Gasteiger partial charge in [-0.25, -0.2) is 9.18 Å². The van der Waals surface area contributed by atoms with Crippen molar-refractivity contribution in [2.45, 2.75) is 13.0 Å². The molecule has 9 heteroatoms. The van der Waals surface area contributed by atoms with E-state index in [1.54, 1.807) is 12.1 Å². The molecule has 2 N–H and O–H groups in total. The standard InChI is InChI=1S/C18H15Cl2FN2O4/c1-10(22-17(25)11-2-4-12(19)5-3-11)18(26)27-9-16(24)23-13-6-7-15(21)14(20)8-13/h2-8,10H,9H2,1H3,(H,22,25)(H,23,24)/t10-/m0/s1. The number of amides is 2. The van der Waals surface area contributed by atoms with Gasteiger partial charge in [-0.05, 0) is 49.4 Å². The van der Waals surface area contributed by atoms with Crippen molar-refractivity contribution in [1.82, 2.24) is 5.32 Å². The van der Waals surface area contributed by atoms with Crippen LogP contribution in [0.3, 0.4) is 0 Å². The fraction of sp³-hybridized carbons (Fsp3) is 0.167. The Bertz CT molecular complexity index is 859. The number of anilines is 1. The third-order valence-electron chi connectivity index (χ3n) is 3.36. The molecule has 0 aromatic heterocycles. The molecule has 0 aliphatic rings. The summed E-state index contributed by atoms with van der Waals surface area (Å²) in [6.07, 6.45) is 0. The lowest BCUT2D eigenvalue weighted by atomic mass is 10.2. The number of hydrogen-bond acceptors (Lipinski definition) is 4. The fourth-order valence-electron chi connectivity index (χ4n) is 1.97. The monoisotopic (exact) mass is 412 g/mol. The van der Waals surface area contributed by atoms with Crippen LogP contribution in [0.5, 0.6) is 0 Å². The molecule has 0 bridgehead atoms. The second kappa shape index (κ2) is 9.34. The van der Waals surface area contributed by atoms with Crippen molar-refractivity contribution >= 4 is 46.7 Å². The Hall–Kier alpha value is -2.64. The lowest BCUT2D eigenvalue weighted by molar-refractivity contribution is -0.148. The lowest BCUT2D eigenvalue weighted by Crippen LogP contribution is -2.40. The third-order valence-corrected chi connectivity index (χ3v) is 3.90. The maximum atomic E-state index is 13.1. The minimum absolute atomic E-state index is 0.150. The molecule has 0 spiro atoms. The summed E-state index contributed by atoms with van der Waals surface area (Å²) in [7, 11) is 0. The average molecular weight is 413 g/mol. The van der Waals surface area contributed by atoms with E-state index in [0.29, 0.717) is 10.6 Å². The molecule has 6 nitrogen and oxygen atoms in total. The first-order chi connectivity index (χ1) is 12.8. The third kappa shape index (κ3) is 6.23. The highest BCUT2D eigenvalue weighted by molar-refractivity contribution is 6.31. The Labute approximate surface area is 164 Å². The van der Waals surface area contributed by atoms with Crippen LogP contribution in [0.1, 0.15) is 17.3 Å². The molecular weight excluding hydrogens is 398 g/mol. The molecule has 0 saturated carbocycles. The van der Waals surface area contributed by atoms with Gasteiger partial charge in [0.2, 0.25) is 0 Å². The fourth-order valence-corrected chi connectivity index (χ4v) is 2.28. The lowest BCUT2D eigenvalue weighted by Gasteiger charge is -2.13. The predicted molar refractivity (Wildman–Crippen MR) is 99.4 cm³/mol. The van der Waals surface area contributed by atoms with E-state index < -0.39 is 36.2 Å². The smallest absolute Gasteiger partial charge is 0.328 e. The quantitative estimate of drug-likeness (QED) is 0.711. The van der Waals surface area contributed by atoms with E-state index in [-0.39, 0.29) is 10.7 Å². The van der Waals surface area contributed by atoms with E-state index in [1.165, 1.54) is 31.2 Å². The second-order valence-electron chi connectivity index (χ2n) is 5.49. The summed E-state index contributed by atoms with van der Waals surface area (Å²) >= 11 is 11.4. The molecule has 2 aromatic carbocycles. The number of carbonyl (C=O) groups is 3. The molecule has 1 atom stereocenters. The molecule has 0 aliphatic carbocycles. The first kappa shape index (κ1) is 20.7. The molecular formula is C18H15Cl2FN2O4. The van der Waals surface area contributed by atoms with Crippen molar-refractivity contribution in [2.24, 2.45) is 0 Å². The summed E-state index contributed by atoms with van der Waals surface area (Å²) in [5.74, 6) is -2.53. The average Bonchev–Trinajstić information content (AvgIpc) is 2.63. The van der Waals surface area contributed by atoms with Gasteiger partial charge >= 0.3 is 5.97 Å². The Kier molecular flexibility index (Phi) is 7.15. The number of hydrogen-bond donors (Lipinski definition) is 2. The van der Waals surface area contributed by atoms with Crippen LogP contribution >= 0.6 is 23.2 Å². The zero-order valence-electron chi connectivity index (χ0n) is 14.1. The van der Waals surface area contributed by atoms with E-state index in [1.807, 2.05) is 0 Å². The number of ether oxygens (including phenoxy) is 1. The highest BCUT2D eigenvalue weighted by Crippen LogP contribution is 2.19. The normalized spacial score (nSPS) is 11.4. The minimum atomic E-state index is -0.971. The molecule has 142 valence electrons. The molecule has 0 saturated heterocycles. The van der Waals surface area contributed by atoms with Crippen LogP contribution < -0.4 is 10.6 Å². The second-order valence-corrected chi connectivity index (χ2v) is 6.33. The van der Waals surface area contributed by atoms with Crippen LogP contribution in [0.15, 0.2) is 42.5 Å². The van der Waals surface area contributed by atoms with Gasteiger partial charge in [-0.3, -0.25) is 9.59 Å². The van der Waals surface area contributed by atoms with Crippen molar-refractivity contribution in [3.8, 4) is 0 Å². The van der Waals surface area contributed by atoms with Crippen LogP contribution in [0.25, 0.3) is 0 Å². The van der Waals surface area contributed by atoms with E-state index in [2.05, 4.69) is 10.6 Å². The highest BCUT2D eigenvalue weighted by Gasteiger charge is 2.19. The number of benzene rings is 2. The van der Waals surface area contributed by atoms with Gasteiger partial charge in [0.25, 0.3) is 11.8 Å². The first-order valence-corrected chi connectivity index (χ1v) is 8.50. The Morgan fingerprint density at radius 1 is 1.11 bits per heavy atom. The molecule has 0 radical (unpaired) electrons. The Morgan fingerprint density at radius 2 is 1.78 bits per heavy atom. The maximum absolute atomic E-state index is 13.1. The van der Waals surface area contributed by atoms with Crippen molar-refractivity contribution in [3.63, 3.8) is 0 Å². The van der Waals surface area contributed by atoms with Crippen LogP contribution in [0, 0.1) is 5.82 Å². The summed E-state index contributed by atoms with van der Waals surface area (Å²) in [5.41, 5.74) is 0.580. The van der Waals surface area contributed by atoms with Crippen molar-refractivity contribution < 1.29 is 23.5 Å². The molecule has 0 heterocycles.